The summed E-state index contributed by atoms with van der Waals surface area (Å²) in [5.41, 5.74) is -3.37. The molecule has 0 aliphatic heterocycles. The van der Waals surface area contributed by atoms with E-state index in [1.165, 1.54) is 12.1 Å². The normalized spacial score (nSPS) is 11.4. The molecule has 0 saturated carbocycles. The van der Waals surface area contributed by atoms with Crippen LogP contribution in [-0.2, 0) is 11.3 Å². The van der Waals surface area contributed by atoms with Crippen molar-refractivity contribution >= 4 is 17.7 Å². The second-order valence-electron chi connectivity index (χ2n) is 4.47. The van der Waals surface area contributed by atoms with Gasteiger partial charge in [-0.1, -0.05) is 19.1 Å². The number of hydrogen-bond donors (Lipinski definition) is 2. The first-order chi connectivity index (χ1) is 9.90. The van der Waals surface area contributed by atoms with Gasteiger partial charge >= 0.3 is 5.51 Å². The highest BCUT2D eigenvalue weighted by Crippen LogP contribution is 2.36. The quantitative estimate of drug-likeness (QED) is 0.570. The fourth-order valence-corrected chi connectivity index (χ4v) is 2.14. The first-order valence-corrected chi connectivity index (χ1v) is 7.54. The lowest BCUT2D eigenvalue weighted by Crippen LogP contribution is -2.27. The Hall–Kier alpha value is -1.21. The number of halogens is 3. The van der Waals surface area contributed by atoms with E-state index in [0.717, 1.165) is 12.0 Å². The van der Waals surface area contributed by atoms with Crippen molar-refractivity contribution in [2.24, 2.45) is 0 Å². The highest BCUT2D eigenvalue weighted by Gasteiger charge is 2.28. The number of carbonyl (C=O) groups is 1. The molecule has 0 aliphatic carbocycles. The van der Waals surface area contributed by atoms with E-state index in [1.807, 2.05) is 6.92 Å². The number of rotatable bonds is 8. The van der Waals surface area contributed by atoms with Gasteiger partial charge in [0.25, 0.3) is 0 Å². The summed E-state index contributed by atoms with van der Waals surface area (Å²) in [6.07, 6.45) is 1.30. The fourth-order valence-electron chi connectivity index (χ4n) is 1.60. The van der Waals surface area contributed by atoms with E-state index in [2.05, 4.69) is 10.6 Å². The molecule has 0 aliphatic rings. The van der Waals surface area contributed by atoms with Crippen molar-refractivity contribution in [3.05, 3.63) is 29.8 Å². The summed E-state index contributed by atoms with van der Waals surface area (Å²) >= 11 is -0.124. The van der Waals surface area contributed by atoms with E-state index in [0.29, 0.717) is 26.1 Å². The van der Waals surface area contributed by atoms with Gasteiger partial charge in [0.15, 0.2) is 0 Å². The summed E-state index contributed by atoms with van der Waals surface area (Å²) in [6.45, 7) is 3.73. The number of benzene rings is 1. The molecule has 0 saturated heterocycles. The van der Waals surface area contributed by atoms with E-state index in [-0.39, 0.29) is 22.6 Å². The van der Waals surface area contributed by atoms with Crippen molar-refractivity contribution < 1.29 is 18.0 Å². The van der Waals surface area contributed by atoms with Crippen LogP contribution in [0.5, 0.6) is 0 Å². The smallest absolute Gasteiger partial charge is 0.356 e. The summed E-state index contributed by atoms with van der Waals surface area (Å²) in [4.78, 5) is 11.5. The zero-order valence-electron chi connectivity index (χ0n) is 11.8. The van der Waals surface area contributed by atoms with Crippen molar-refractivity contribution in [3.63, 3.8) is 0 Å². The number of amides is 1. The summed E-state index contributed by atoms with van der Waals surface area (Å²) < 4.78 is 36.5. The molecule has 0 bridgehead atoms. The van der Waals surface area contributed by atoms with Crippen molar-refractivity contribution in [1.29, 1.82) is 0 Å². The predicted octanol–water partition coefficient (Wildman–Crippen LogP) is 3.30. The molecule has 1 rings (SSSR count). The van der Waals surface area contributed by atoms with Gasteiger partial charge in [0.05, 0.1) is 0 Å². The van der Waals surface area contributed by atoms with Crippen LogP contribution < -0.4 is 10.6 Å². The van der Waals surface area contributed by atoms with Crippen molar-refractivity contribution in [3.8, 4) is 0 Å². The van der Waals surface area contributed by atoms with Crippen molar-refractivity contribution in [2.45, 2.75) is 36.7 Å². The van der Waals surface area contributed by atoms with Gasteiger partial charge in [-0.15, -0.1) is 0 Å². The summed E-state index contributed by atoms with van der Waals surface area (Å²) in [6, 6.07) is 6.20. The lowest BCUT2D eigenvalue weighted by molar-refractivity contribution is -0.121. The van der Waals surface area contributed by atoms with E-state index in [1.54, 1.807) is 12.1 Å². The van der Waals surface area contributed by atoms with Gasteiger partial charge in [-0.05, 0) is 35.9 Å². The zero-order chi connectivity index (χ0) is 15.7. The topological polar surface area (TPSA) is 41.1 Å². The Morgan fingerprint density at radius 2 is 1.86 bits per heavy atom. The Morgan fingerprint density at radius 1 is 1.19 bits per heavy atom. The maximum atomic E-state index is 12.2. The summed E-state index contributed by atoms with van der Waals surface area (Å²) in [5.74, 6) is 0.00118. The third-order valence-electron chi connectivity index (χ3n) is 2.59. The minimum absolute atomic E-state index is 0.00118. The van der Waals surface area contributed by atoms with Gasteiger partial charge in [-0.2, -0.15) is 13.2 Å². The van der Waals surface area contributed by atoms with Crippen molar-refractivity contribution in [1.82, 2.24) is 10.6 Å². The number of alkyl halides is 3. The standard InChI is InChI=1S/C14H19F3N2OS/c1-2-8-19-13(20)7-9-18-10-11-3-5-12(6-4-11)21-14(15,16)17/h3-6,18H,2,7-10H2,1H3,(H,19,20). The molecule has 0 heterocycles. The molecule has 1 amide bonds. The Morgan fingerprint density at radius 3 is 2.43 bits per heavy atom. The van der Waals surface area contributed by atoms with Crippen LogP contribution in [0.15, 0.2) is 29.2 Å². The minimum Gasteiger partial charge on any atom is -0.356 e. The van der Waals surface area contributed by atoms with Crippen LogP contribution in [0.2, 0.25) is 0 Å². The molecule has 0 radical (unpaired) electrons. The third kappa shape index (κ3) is 8.62. The predicted molar refractivity (Wildman–Crippen MR) is 78.0 cm³/mol. The summed E-state index contributed by atoms with van der Waals surface area (Å²) in [7, 11) is 0. The number of nitrogens with one attached hydrogen (secondary N) is 2. The number of hydrogen-bond acceptors (Lipinski definition) is 3. The molecule has 0 aromatic heterocycles. The molecule has 0 fully saturated rings. The maximum Gasteiger partial charge on any atom is 0.446 e. The molecule has 0 atom stereocenters. The van der Waals surface area contributed by atoms with Gasteiger partial charge in [-0.3, -0.25) is 4.79 Å². The fraction of sp³-hybridized carbons (Fsp3) is 0.500. The zero-order valence-corrected chi connectivity index (χ0v) is 12.6. The van der Waals surface area contributed by atoms with E-state index in [9.17, 15) is 18.0 Å². The molecule has 21 heavy (non-hydrogen) atoms. The van der Waals surface area contributed by atoms with Crippen LogP contribution in [0, 0.1) is 0 Å². The Balaban J connectivity index is 2.25. The first-order valence-electron chi connectivity index (χ1n) is 6.73. The molecule has 2 N–H and O–H groups in total. The third-order valence-corrected chi connectivity index (χ3v) is 3.33. The molecule has 1 aromatic rings. The van der Waals surface area contributed by atoms with Crippen LogP contribution in [0.3, 0.4) is 0 Å². The highest BCUT2D eigenvalue weighted by molar-refractivity contribution is 8.00. The average molecular weight is 320 g/mol. The Bertz CT molecular complexity index is 435. The van der Waals surface area contributed by atoms with Gasteiger partial charge in [-0.25, -0.2) is 0 Å². The lowest BCUT2D eigenvalue weighted by Gasteiger charge is -2.08. The molecule has 0 unspecified atom stereocenters. The highest BCUT2D eigenvalue weighted by atomic mass is 32.2. The van der Waals surface area contributed by atoms with E-state index < -0.39 is 5.51 Å². The maximum absolute atomic E-state index is 12.2. The minimum atomic E-state index is -4.26. The molecular weight excluding hydrogens is 301 g/mol. The van der Waals surface area contributed by atoms with Crippen LogP contribution in [0.1, 0.15) is 25.3 Å². The van der Waals surface area contributed by atoms with Crippen LogP contribution >= 0.6 is 11.8 Å². The Labute approximate surface area is 126 Å². The van der Waals surface area contributed by atoms with Gasteiger partial charge in [0.2, 0.25) is 5.91 Å². The molecule has 3 nitrogen and oxygen atoms in total. The molecule has 118 valence electrons. The molecule has 1 aromatic carbocycles. The van der Waals surface area contributed by atoms with Gasteiger partial charge in [0.1, 0.15) is 0 Å². The largest absolute Gasteiger partial charge is 0.446 e. The van der Waals surface area contributed by atoms with Crippen LogP contribution in [-0.4, -0.2) is 24.5 Å². The first kappa shape index (κ1) is 17.8. The van der Waals surface area contributed by atoms with E-state index in [4.69, 9.17) is 0 Å². The van der Waals surface area contributed by atoms with Gasteiger partial charge in [0, 0.05) is 31.0 Å². The van der Waals surface area contributed by atoms with Gasteiger partial charge < -0.3 is 10.6 Å². The lowest BCUT2D eigenvalue weighted by atomic mass is 10.2. The SMILES string of the molecule is CCCNC(=O)CCNCc1ccc(SC(F)(F)F)cc1. The number of carbonyl (C=O) groups excluding carboxylic acids is 1. The Kier molecular flexibility index (Phi) is 7.60. The molecule has 7 heteroatoms. The number of thioether (sulfide) groups is 1. The van der Waals surface area contributed by atoms with E-state index >= 15 is 0 Å². The van der Waals surface area contributed by atoms with Crippen molar-refractivity contribution in [2.75, 3.05) is 13.1 Å². The average Bonchev–Trinajstić information content (AvgIpc) is 2.41. The second-order valence-corrected chi connectivity index (χ2v) is 5.61. The monoisotopic (exact) mass is 320 g/mol. The summed E-state index contributed by atoms with van der Waals surface area (Å²) in [5, 5.41) is 5.86. The van der Waals surface area contributed by atoms with Crippen LogP contribution in [0.4, 0.5) is 13.2 Å². The molecule has 0 spiro atoms. The second kappa shape index (κ2) is 8.94. The molecular formula is C14H19F3N2OS. The van der Waals surface area contributed by atoms with Crippen LogP contribution in [0.25, 0.3) is 0 Å².